The number of benzene rings is 1. The highest BCUT2D eigenvalue weighted by molar-refractivity contribution is 7.71. The summed E-state index contributed by atoms with van der Waals surface area (Å²) in [5.41, 5.74) is 2.13. The number of nitrogens with one attached hydrogen (secondary N) is 1. The lowest BCUT2D eigenvalue weighted by molar-refractivity contribution is 0.187. The number of fused-ring (bicyclic) bond motifs is 1. The van der Waals surface area contributed by atoms with Gasteiger partial charge in [0.1, 0.15) is 5.75 Å². The van der Waals surface area contributed by atoms with E-state index in [1.54, 1.807) is 7.11 Å². The summed E-state index contributed by atoms with van der Waals surface area (Å²) in [6, 6.07) is 6.28. The van der Waals surface area contributed by atoms with Gasteiger partial charge in [-0.05, 0) is 30.8 Å². The van der Waals surface area contributed by atoms with Crippen LogP contribution in [0.25, 0.3) is 11.0 Å². The van der Waals surface area contributed by atoms with E-state index in [4.69, 9.17) is 21.7 Å². The molecule has 1 aliphatic rings. The number of rotatable bonds is 2. The Morgan fingerprint density at radius 3 is 3.12 bits per heavy atom. The van der Waals surface area contributed by atoms with Gasteiger partial charge in [0.2, 0.25) is 0 Å². The Bertz CT molecular complexity index is 596. The molecule has 1 fully saturated rings. The minimum Gasteiger partial charge on any atom is -0.497 e. The van der Waals surface area contributed by atoms with Crippen LogP contribution in [0.3, 0.4) is 0 Å². The van der Waals surface area contributed by atoms with Crippen LogP contribution in [0.2, 0.25) is 0 Å². The summed E-state index contributed by atoms with van der Waals surface area (Å²) in [6.45, 7) is 1.54. The fourth-order valence-electron chi connectivity index (χ4n) is 2.32. The lowest BCUT2D eigenvalue weighted by Gasteiger charge is -2.11. The molecular formula is C12H14N2O2S. The molecular weight excluding hydrogens is 236 g/mol. The summed E-state index contributed by atoms with van der Waals surface area (Å²) in [5, 5.41) is 0. The quantitative estimate of drug-likeness (QED) is 0.833. The van der Waals surface area contributed by atoms with Gasteiger partial charge in [0, 0.05) is 12.7 Å². The van der Waals surface area contributed by atoms with Gasteiger partial charge in [-0.3, -0.25) is 0 Å². The topological polar surface area (TPSA) is 39.2 Å². The molecule has 17 heavy (non-hydrogen) atoms. The number of H-pyrrole nitrogens is 1. The molecule has 0 bridgehead atoms. The van der Waals surface area contributed by atoms with Gasteiger partial charge in [0.25, 0.3) is 0 Å². The van der Waals surface area contributed by atoms with Crippen molar-refractivity contribution in [2.24, 2.45) is 0 Å². The number of ether oxygens (including phenoxy) is 2. The third-order valence-electron chi connectivity index (χ3n) is 3.20. The SMILES string of the molecule is COc1ccc2[nH]c(=S)n(C3CCOC3)c2c1. The third-order valence-corrected chi connectivity index (χ3v) is 3.49. The maximum Gasteiger partial charge on any atom is 0.178 e. The van der Waals surface area contributed by atoms with E-state index in [0.29, 0.717) is 6.04 Å². The van der Waals surface area contributed by atoms with E-state index in [-0.39, 0.29) is 0 Å². The number of imidazole rings is 1. The van der Waals surface area contributed by atoms with E-state index < -0.39 is 0 Å². The number of aromatic amines is 1. The van der Waals surface area contributed by atoms with Crippen molar-refractivity contribution in [3.8, 4) is 5.75 Å². The zero-order valence-electron chi connectivity index (χ0n) is 9.60. The number of aromatic nitrogens is 2. The highest BCUT2D eigenvalue weighted by Crippen LogP contribution is 2.27. The van der Waals surface area contributed by atoms with E-state index in [9.17, 15) is 0 Å². The van der Waals surface area contributed by atoms with Gasteiger partial charge in [-0.15, -0.1) is 0 Å². The summed E-state index contributed by atoms with van der Waals surface area (Å²) in [5.74, 6) is 0.846. The number of hydrogen-bond acceptors (Lipinski definition) is 3. The molecule has 4 nitrogen and oxygen atoms in total. The number of nitrogens with zero attached hydrogens (tertiary/aromatic N) is 1. The molecule has 90 valence electrons. The van der Waals surface area contributed by atoms with Crippen LogP contribution in [0.15, 0.2) is 18.2 Å². The first-order valence-corrected chi connectivity index (χ1v) is 6.06. The van der Waals surface area contributed by atoms with Gasteiger partial charge in [0.15, 0.2) is 4.77 Å². The molecule has 0 aliphatic carbocycles. The molecule has 1 N–H and O–H groups in total. The smallest absolute Gasteiger partial charge is 0.178 e. The van der Waals surface area contributed by atoms with Crippen molar-refractivity contribution in [3.05, 3.63) is 23.0 Å². The molecule has 1 atom stereocenters. The zero-order chi connectivity index (χ0) is 11.8. The van der Waals surface area contributed by atoms with Crippen molar-refractivity contribution in [3.63, 3.8) is 0 Å². The average Bonchev–Trinajstić information content (AvgIpc) is 2.93. The fraction of sp³-hybridized carbons (Fsp3) is 0.417. The normalized spacial score (nSPS) is 19.9. The summed E-state index contributed by atoms with van der Waals surface area (Å²) in [6.07, 6.45) is 1.01. The maximum atomic E-state index is 5.43. The third kappa shape index (κ3) is 1.75. The largest absolute Gasteiger partial charge is 0.497 e. The van der Waals surface area contributed by atoms with Crippen molar-refractivity contribution in [2.75, 3.05) is 20.3 Å². The molecule has 1 unspecified atom stereocenters. The van der Waals surface area contributed by atoms with E-state index in [1.807, 2.05) is 18.2 Å². The molecule has 3 rings (SSSR count). The van der Waals surface area contributed by atoms with Crippen LogP contribution in [0.5, 0.6) is 5.75 Å². The van der Waals surface area contributed by atoms with Crippen LogP contribution >= 0.6 is 12.2 Å². The summed E-state index contributed by atoms with van der Waals surface area (Å²) in [4.78, 5) is 3.22. The van der Waals surface area contributed by atoms with Crippen LogP contribution in [0.4, 0.5) is 0 Å². The second-order valence-corrected chi connectivity index (χ2v) is 4.59. The predicted octanol–water partition coefficient (Wildman–Crippen LogP) is 2.67. The summed E-state index contributed by atoms with van der Waals surface area (Å²) in [7, 11) is 1.67. The Hall–Kier alpha value is -1.33. The minimum atomic E-state index is 0.336. The fourth-order valence-corrected chi connectivity index (χ4v) is 2.67. The Morgan fingerprint density at radius 1 is 1.53 bits per heavy atom. The van der Waals surface area contributed by atoms with Gasteiger partial charge < -0.3 is 19.0 Å². The van der Waals surface area contributed by atoms with Crippen molar-refractivity contribution in [1.82, 2.24) is 9.55 Å². The van der Waals surface area contributed by atoms with Gasteiger partial charge in [0.05, 0.1) is 30.8 Å². The lowest BCUT2D eigenvalue weighted by atomic mass is 10.2. The van der Waals surface area contributed by atoms with Gasteiger partial charge in [-0.1, -0.05) is 0 Å². The molecule has 1 aliphatic heterocycles. The van der Waals surface area contributed by atoms with Crippen LogP contribution in [0.1, 0.15) is 12.5 Å². The standard InChI is InChI=1S/C12H14N2O2S/c1-15-9-2-3-10-11(6-9)14(12(17)13-10)8-4-5-16-7-8/h2-3,6,8H,4-5,7H2,1H3,(H,13,17). The second-order valence-electron chi connectivity index (χ2n) is 4.20. The first kappa shape index (κ1) is 10.8. The highest BCUT2D eigenvalue weighted by Gasteiger charge is 2.20. The Labute approximate surface area is 104 Å². The molecule has 1 aromatic carbocycles. The van der Waals surface area contributed by atoms with Crippen LogP contribution in [-0.2, 0) is 4.74 Å². The molecule has 0 radical (unpaired) electrons. The number of hydrogen-bond donors (Lipinski definition) is 1. The molecule has 0 spiro atoms. The maximum absolute atomic E-state index is 5.43. The highest BCUT2D eigenvalue weighted by atomic mass is 32.1. The molecule has 0 saturated carbocycles. The van der Waals surface area contributed by atoms with Crippen molar-refractivity contribution in [2.45, 2.75) is 12.5 Å². The van der Waals surface area contributed by atoms with Gasteiger partial charge in [-0.25, -0.2) is 0 Å². The van der Waals surface area contributed by atoms with E-state index >= 15 is 0 Å². The first-order valence-electron chi connectivity index (χ1n) is 5.65. The number of methoxy groups -OCH3 is 1. The van der Waals surface area contributed by atoms with Crippen LogP contribution in [-0.4, -0.2) is 29.9 Å². The Kier molecular flexibility index (Phi) is 2.64. The zero-order valence-corrected chi connectivity index (χ0v) is 10.4. The minimum absolute atomic E-state index is 0.336. The van der Waals surface area contributed by atoms with E-state index in [1.165, 1.54) is 0 Å². The monoisotopic (exact) mass is 250 g/mol. The van der Waals surface area contributed by atoms with E-state index in [2.05, 4.69) is 9.55 Å². The molecule has 5 heteroatoms. The van der Waals surface area contributed by atoms with Gasteiger partial charge >= 0.3 is 0 Å². The van der Waals surface area contributed by atoms with E-state index in [0.717, 1.165) is 41.2 Å². The first-order chi connectivity index (χ1) is 8.29. The summed E-state index contributed by atoms with van der Waals surface area (Å²) >= 11 is 5.38. The molecule has 2 aromatic rings. The molecule has 1 saturated heterocycles. The Morgan fingerprint density at radius 2 is 2.41 bits per heavy atom. The molecule has 2 heterocycles. The lowest BCUT2D eigenvalue weighted by Crippen LogP contribution is -2.08. The predicted molar refractivity (Wildman–Crippen MR) is 68.1 cm³/mol. The average molecular weight is 250 g/mol. The van der Waals surface area contributed by atoms with Crippen LogP contribution in [0, 0.1) is 4.77 Å². The molecule has 0 amide bonds. The van der Waals surface area contributed by atoms with Crippen LogP contribution < -0.4 is 4.74 Å². The Balaban J connectivity index is 2.20. The van der Waals surface area contributed by atoms with Crippen molar-refractivity contribution in [1.29, 1.82) is 0 Å². The summed E-state index contributed by atoms with van der Waals surface area (Å²) < 4.78 is 13.6. The van der Waals surface area contributed by atoms with Crippen molar-refractivity contribution >= 4 is 23.3 Å². The van der Waals surface area contributed by atoms with Gasteiger partial charge in [-0.2, -0.15) is 0 Å². The van der Waals surface area contributed by atoms with Crippen molar-refractivity contribution < 1.29 is 9.47 Å². The second kappa shape index (κ2) is 4.16. The molecule has 1 aromatic heterocycles.